The number of carbonyl (C=O) groups excluding carboxylic acids is 1. The number of hydrogen-bond donors (Lipinski definition) is 0. The highest BCUT2D eigenvalue weighted by Gasteiger charge is 2.37. The van der Waals surface area contributed by atoms with Crippen molar-refractivity contribution in [3.05, 3.63) is 88.2 Å². The van der Waals surface area contributed by atoms with E-state index >= 15 is 0 Å². The summed E-state index contributed by atoms with van der Waals surface area (Å²) in [7, 11) is 0. The van der Waals surface area contributed by atoms with Gasteiger partial charge in [-0.25, -0.2) is 0 Å². The van der Waals surface area contributed by atoms with Crippen LogP contribution in [-0.4, -0.2) is 5.78 Å². The summed E-state index contributed by atoms with van der Waals surface area (Å²) in [5, 5.41) is 0. The van der Waals surface area contributed by atoms with Crippen LogP contribution in [0.15, 0.2) is 77.1 Å². The first kappa shape index (κ1) is 20.4. The monoisotopic (exact) mass is 372 g/mol. The summed E-state index contributed by atoms with van der Waals surface area (Å²) in [5.41, 5.74) is 9.46. The van der Waals surface area contributed by atoms with Gasteiger partial charge in [0.05, 0.1) is 0 Å². The summed E-state index contributed by atoms with van der Waals surface area (Å²) in [6.45, 7) is 6.27. The standard InChI is InChI=1S/C27H32O/c1-4-5-9-22(13-14-23-10-7-6-8-21(23)3)12-11-20(2)19-26(24-15-16-24)27(28)25-17-18-25/h4,6-12,19,24-25H,13-18H2,1-3H3/b20-11+,22-12+,26-19+. The Hall–Kier alpha value is -2.37. The maximum absolute atomic E-state index is 12.6. The van der Waals surface area contributed by atoms with Crippen LogP contribution in [0.1, 0.15) is 57.1 Å². The molecule has 0 saturated heterocycles. The molecular formula is C27H32O. The van der Waals surface area contributed by atoms with E-state index < -0.39 is 0 Å². The third-order valence-electron chi connectivity index (χ3n) is 5.57. The summed E-state index contributed by atoms with van der Waals surface area (Å²) < 4.78 is 0. The van der Waals surface area contributed by atoms with Crippen LogP contribution in [0.4, 0.5) is 0 Å². The van der Waals surface area contributed by atoms with Crippen molar-refractivity contribution in [2.75, 3.05) is 0 Å². The van der Waals surface area contributed by atoms with Crippen LogP contribution in [-0.2, 0) is 11.2 Å². The number of benzene rings is 1. The topological polar surface area (TPSA) is 17.1 Å². The molecule has 0 aromatic heterocycles. The number of carbonyl (C=O) groups is 1. The molecule has 1 aromatic rings. The molecule has 0 radical (unpaired) electrons. The molecule has 2 fully saturated rings. The van der Waals surface area contributed by atoms with Gasteiger partial charge in [-0.15, -0.1) is 5.73 Å². The fourth-order valence-electron chi connectivity index (χ4n) is 3.46. The van der Waals surface area contributed by atoms with Gasteiger partial charge in [0.1, 0.15) is 0 Å². The van der Waals surface area contributed by atoms with Crippen LogP contribution in [0.25, 0.3) is 0 Å². The molecule has 1 aromatic carbocycles. The number of aryl methyl sites for hydroxylation is 2. The van der Waals surface area contributed by atoms with E-state index in [1.165, 1.54) is 29.5 Å². The lowest BCUT2D eigenvalue weighted by Gasteiger charge is -2.06. The first-order chi connectivity index (χ1) is 13.6. The van der Waals surface area contributed by atoms with E-state index in [1.807, 2.05) is 13.0 Å². The minimum atomic E-state index is 0.317. The third-order valence-corrected chi connectivity index (χ3v) is 5.57. The Labute approximate surface area is 170 Å². The average molecular weight is 373 g/mol. The lowest BCUT2D eigenvalue weighted by atomic mass is 9.98. The predicted octanol–water partition coefficient (Wildman–Crippen LogP) is 6.85. The third kappa shape index (κ3) is 6.08. The van der Waals surface area contributed by atoms with E-state index in [9.17, 15) is 4.79 Å². The van der Waals surface area contributed by atoms with Crippen LogP contribution in [0.2, 0.25) is 0 Å². The van der Waals surface area contributed by atoms with E-state index in [0.29, 0.717) is 17.6 Å². The molecule has 0 atom stereocenters. The van der Waals surface area contributed by atoms with Crippen molar-refractivity contribution in [2.45, 2.75) is 59.3 Å². The van der Waals surface area contributed by atoms with Crippen LogP contribution in [0.3, 0.4) is 0 Å². The second kappa shape index (κ2) is 9.71. The molecule has 1 heteroatoms. The molecule has 1 nitrogen and oxygen atoms in total. The molecular weight excluding hydrogens is 340 g/mol. The van der Waals surface area contributed by atoms with E-state index in [1.54, 1.807) is 0 Å². The van der Waals surface area contributed by atoms with Crippen molar-refractivity contribution in [3.8, 4) is 0 Å². The minimum absolute atomic E-state index is 0.317. The Bertz CT molecular complexity index is 863. The van der Waals surface area contributed by atoms with Gasteiger partial charge < -0.3 is 0 Å². The number of allylic oxidation sites excluding steroid dienone is 7. The molecule has 0 bridgehead atoms. The minimum Gasteiger partial charge on any atom is -0.294 e. The van der Waals surface area contributed by atoms with E-state index in [4.69, 9.17) is 0 Å². The fraction of sp³-hybridized carbons (Fsp3) is 0.407. The van der Waals surface area contributed by atoms with E-state index in [-0.39, 0.29) is 0 Å². The van der Waals surface area contributed by atoms with E-state index in [2.05, 4.69) is 68.1 Å². The molecule has 0 unspecified atom stereocenters. The lowest BCUT2D eigenvalue weighted by Crippen LogP contribution is -2.06. The highest BCUT2D eigenvalue weighted by atomic mass is 16.1. The van der Waals surface area contributed by atoms with Gasteiger partial charge in [0.15, 0.2) is 5.78 Å². The smallest absolute Gasteiger partial charge is 0.162 e. The van der Waals surface area contributed by atoms with Crippen molar-refractivity contribution < 1.29 is 4.79 Å². The van der Waals surface area contributed by atoms with Crippen LogP contribution in [0.5, 0.6) is 0 Å². The van der Waals surface area contributed by atoms with Crippen molar-refractivity contribution in [2.24, 2.45) is 11.8 Å². The predicted molar refractivity (Wildman–Crippen MR) is 118 cm³/mol. The maximum Gasteiger partial charge on any atom is 0.162 e. The molecule has 2 saturated carbocycles. The summed E-state index contributed by atoms with van der Waals surface area (Å²) in [4.78, 5) is 12.6. The fourth-order valence-corrected chi connectivity index (χ4v) is 3.46. The lowest BCUT2D eigenvalue weighted by molar-refractivity contribution is -0.116. The molecule has 28 heavy (non-hydrogen) atoms. The number of rotatable bonds is 9. The Kier molecular flexibility index (Phi) is 7.06. The Balaban J connectivity index is 1.73. The molecule has 0 aliphatic heterocycles. The van der Waals surface area contributed by atoms with Crippen LogP contribution >= 0.6 is 0 Å². The van der Waals surface area contributed by atoms with Gasteiger partial charge >= 0.3 is 0 Å². The van der Waals surface area contributed by atoms with E-state index in [0.717, 1.165) is 36.8 Å². The summed E-state index contributed by atoms with van der Waals surface area (Å²) in [6, 6.07) is 8.58. The average Bonchev–Trinajstić information content (AvgIpc) is 3.58. The van der Waals surface area contributed by atoms with Crippen molar-refractivity contribution in [1.29, 1.82) is 0 Å². The zero-order chi connectivity index (χ0) is 19.9. The van der Waals surface area contributed by atoms with Crippen LogP contribution in [0, 0.1) is 18.8 Å². The first-order valence-electron chi connectivity index (χ1n) is 10.6. The molecule has 2 aliphatic rings. The van der Waals surface area contributed by atoms with Gasteiger partial charge in [-0.05, 0) is 99.6 Å². The molecule has 3 rings (SSSR count). The van der Waals surface area contributed by atoms with Gasteiger partial charge in [-0.3, -0.25) is 4.79 Å². The molecule has 0 N–H and O–H groups in total. The Morgan fingerprint density at radius 3 is 2.46 bits per heavy atom. The maximum atomic E-state index is 12.6. The molecule has 146 valence electrons. The summed E-state index contributed by atoms with van der Waals surface area (Å²) in [5.74, 6) is 1.24. The van der Waals surface area contributed by atoms with Crippen molar-refractivity contribution in [3.63, 3.8) is 0 Å². The molecule has 0 amide bonds. The quantitative estimate of drug-likeness (QED) is 0.263. The van der Waals surface area contributed by atoms with Gasteiger partial charge in [0.25, 0.3) is 0 Å². The van der Waals surface area contributed by atoms with Gasteiger partial charge in [0.2, 0.25) is 0 Å². The van der Waals surface area contributed by atoms with Gasteiger partial charge in [0, 0.05) is 5.92 Å². The Morgan fingerprint density at radius 2 is 1.82 bits per heavy atom. The second-order valence-electron chi connectivity index (χ2n) is 8.19. The largest absolute Gasteiger partial charge is 0.294 e. The normalized spacial score (nSPS) is 17.9. The van der Waals surface area contributed by atoms with Gasteiger partial charge in [-0.2, -0.15) is 0 Å². The number of ketones is 1. The highest BCUT2D eigenvalue weighted by molar-refractivity contribution is 5.99. The second-order valence-corrected chi connectivity index (χ2v) is 8.19. The number of hydrogen-bond acceptors (Lipinski definition) is 1. The van der Waals surface area contributed by atoms with Crippen LogP contribution < -0.4 is 0 Å². The number of Topliss-reactive ketones (excluding diaryl/α,β-unsaturated/α-hetero) is 1. The summed E-state index contributed by atoms with van der Waals surface area (Å²) >= 11 is 0. The van der Waals surface area contributed by atoms with Gasteiger partial charge in [-0.1, -0.05) is 48.1 Å². The van der Waals surface area contributed by atoms with Crippen molar-refractivity contribution in [1.82, 2.24) is 0 Å². The SMILES string of the molecule is CC=C=C\C(=C/C=C(C)/C=C(/C(=O)C1CC1)C1CC1)CCc1ccccc1C. The summed E-state index contributed by atoms with van der Waals surface area (Å²) in [6.07, 6.45) is 17.0. The highest BCUT2D eigenvalue weighted by Crippen LogP contribution is 2.42. The van der Waals surface area contributed by atoms with Crippen molar-refractivity contribution >= 4 is 5.78 Å². The Morgan fingerprint density at radius 1 is 1.11 bits per heavy atom. The molecule has 0 spiro atoms. The zero-order valence-electron chi connectivity index (χ0n) is 17.5. The zero-order valence-corrected chi connectivity index (χ0v) is 17.5. The molecule has 2 aliphatic carbocycles. The molecule has 0 heterocycles. The first-order valence-corrected chi connectivity index (χ1v) is 10.6.